The number of Topliss-reactive ketones (excluding diaryl/α,β-unsaturated/α-hetero) is 1. The molecule has 0 amide bonds. The Morgan fingerprint density at radius 3 is 2.07 bits per heavy atom. The van der Waals surface area contributed by atoms with Gasteiger partial charge >= 0.3 is 0 Å². The molecule has 160 valence electrons. The Morgan fingerprint density at radius 1 is 0.964 bits per heavy atom. The second-order valence-corrected chi connectivity index (χ2v) is 9.37. The first-order valence-electron chi connectivity index (χ1n) is 11.3. The molecule has 0 N–H and O–H groups in total. The van der Waals surface area contributed by atoms with Crippen molar-refractivity contribution in [2.75, 3.05) is 0 Å². The van der Waals surface area contributed by atoms with Gasteiger partial charge in [-0.3, -0.25) is 4.79 Å². The molecule has 4 nitrogen and oxygen atoms in total. The van der Waals surface area contributed by atoms with Crippen LogP contribution in [0.1, 0.15) is 114 Å². The lowest BCUT2D eigenvalue weighted by Crippen LogP contribution is -2.31. The van der Waals surface area contributed by atoms with Gasteiger partial charge in [0.1, 0.15) is 0 Å². The molecule has 0 radical (unpaired) electrons. The van der Waals surface area contributed by atoms with Crippen LogP contribution in [0.3, 0.4) is 0 Å². The number of carbonyl (C=O) groups is 1. The van der Waals surface area contributed by atoms with E-state index in [0.717, 1.165) is 12.8 Å². The summed E-state index contributed by atoms with van der Waals surface area (Å²) in [7, 11) is 0. The van der Waals surface area contributed by atoms with Gasteiger partial charge < -0.3 is 9.47 Å². The predicted molar refractivity (Wildman–Crippen MR) is 116 cm³/mol. The van der Waals surface area contributed by atoms with E-state index in [4.69, 9.17) is 9.47 Å². The molecule has 2 atom stereocenters. The zero-order valence-corrected chi connectivity index (χ0v) is 18.9. The summed E-state index contributed by atoms with van der Waals surface area (Å²) in [4.78, 5) is 16.8. The van der Waals surface area contributed by atoms with Crippen LogP contribution in [0.25, 0.3) is 0 Å². The highest BCUT2D eigenvalue weighted by Gasteiger charge is 2.45. The van der Waals surface area contributed by atoms with Crippen molar-refractivity contribution < 1.29 is 14.3 Å². The molecule has 28 heavy (non-hydrogen) atoms. The topological polar surface area (TPSA) is 48.4 Å². The van der Waals surface area contributed by atoms with E-state index < -0.39 is 11.9 Å². The predicted octanol–water partition coefficient (Wildman–Crippen LogP) is 6.94. The monoisotopic (exact) mass is 409 g/mol. The average Bonchev–Trinajstić information content (AvgIpc) is 3.30. The SMILES string of the molecule is CCCCCCCCCCCCCC[C@H]1OC(C)(C)O[C@H]1C(=O)c1nccs1. The summed E-state index contributed by atoms with van der Waals surface area (Å²) >= 11 is 1.37. The number of ether oxygens (including phenoxy) is 2. The molecule has 5 heteroatoms. The Balaban J connectivity index is 1.56. The Labute approximate surface area is 175 Å². The Kier molecular flexibility index (Phi) is 10.7. The maximum atomic E-state index is 12.7. The number of thiazole rings is 1. The van der Waals surface area contributed by atoms with Crippen molar-refractivity contribution in [3.63, 3.8) is 0 Å². The van der Waals surface area contributed by atoms with Crippen molar-refractivity contribution in [1.82, 2.24) is 4.98 Å². The maximum Gasteiger partial charge on any atom is 0.222 e. The van der Waals surface area contributed by atoms with Gasteiger partial charge in [0.2, 0.25) is 5.78 Å². The highest BCUT2D eigenvalue weighted by molar-refractivity contribution is 7.11. The molecule has 2 heterocycles. The van der Waals surface area contributed by atoms with Crippen molar-refractivity contribution in [3.05, 3.63) is 16.6 Å². The quantitative estimate of drug-likeness (QED) is 0.232. The summed E-state index contributed by atoms with van der Waals surface area (Å²) in [6.45, 7) is 6.04. The Hall–Kier alpha value is -0.780. The standard InChI is InChI=1S/C23H39NO3S/c1-4-5-6-7-8-9-10-11-12-13-14-15-16-19-21(27-23(2,3)26-19)20(25)22-24-17-18-28-22/h17-19,21H,4-16H2,1-3H3/t19-,21-/m1/s1. The third-order valence-electron chi connectivity index (χ3n) is 5.43. The number of carbonyl (C=O) groups excluding carboxylic acids is 1. The first-order chi connectivity index (χ1) is 13.5. The highest BCUT2D eigenvalue weighted by atomic mass is 32.1. The summed E-state index contributed by atoms with van der Waals surface area (Å²) in [5.74, 6) is -0.733. The third-order valence-corrected chi connectivity index (χ3v) is 6.22. The van der Waals surface area contributed by atoms with Gasteiger partial charge in [-0.15, -0.1) is 11.3 Å². The Morgan fingerprint density at radius 2 is 1.54 bits per heavy atom. The molecule has 0 unspecified atom stereocenters. The van der Waals surface area contributed by atoms with Gasteiger partial charge in [-0.1, -0.05) is 84.0 Å². The minimum atomic E-state index is -0.695. The number of hydrogen-bond donors (Lipinski definition) is 0. The smallest absolute Gasteiger partial charge is 0.222 e. The molecule has 1 saturated heterocycles. The van der Waals surface area contributed by atoms with Gasteiger partial charge in [0, 0.05) is 11.6 Å². The van der Waals surface area contributed by atoms with Crippen LogP contribution in [0.2, 0.25) is 0 Å². The van der Waals surface area contributed by atoms with E-state index in [-0.39, 0.29) is 11.9 Å². The van der Waals surface area contributed by atoms with Crippen LogP contribution in [0.5, 0.6) is 0 Å². The van der Waals surface area contributed by atoms with Gasteiger partial charge in [0.25, 0.3) is 0 Å². The number of rotatable bonds is 15. The molecule has 0 spiro atoms. The van der Waals surface area contributed by atoms with Gasteiger partial charge in [0.05, 0.1) is 6.10 Å². The molecule has 2 rings (SSSR count). The Bertz CT molecular complexity index is 544. The first-order valence-corrected chi connectivity index (χ1v) is 12.2. The summed E-state index contributed by atoms with van der Waals surface area (Å²) in [6.07, 6.45) is 17.8. The van der Waals surface area contributed by atoms with Crippen LogP contribution in [-0.4, -0.2) is 28.8 Å². The molecule has 0 bridgehead atoms. The molecule has 1 aliphatic rings. The fourth-order valence-electron chi connectivity index (χ4n) is 3.92. The van der Waals surface area contributed by atoms with Crippen molar-refractivity contribution in [3.8, 4) is 0 Å². The van der Waals surface area contributed by atoms with Gasteiger partial charge in [-0.25, -0.2) is 4.98 Å². The number of ketones is 1. The van der Waals surface area contributed by atoms with Gasteiger partial charge in [0.15, 0.2) is 16.9 Å². The molecular formula is C23H39NO3S. The lowest BCUT2D eigenvalue weighted by atomic mass is 10.0. The van der Waals surface area contributed by atoms with Gasteiger partial charge in [-0.05, 0) is 20.3 Å². The zero-order chi connectivity index (χ0) is 20.2. The second kappa shape index (κ2) is 12.7. The highest BCUT2D eigenvalue weighted by Crippen LogP contribution is 2.33. The molecular weight excluding hydrogens is 370 g/mol. The van der Waals surface area contributed by atoms with Crippen LogP contribution >= 0.6 is 11.3 Å². The summed E-state index contributed by atoms with van der Waals surface area (Å²) in [6, 6.07) is 0. The molecule has 1 aromatic heterocycles. The number of hydrogen-bond acceptors (Lipinski definition) is 5. The van der Waals surface area contributed by atoms with Crippen LogP contribution in [0, 0.1) is 0 Å². The minimum absolute atomic E-state index is 0.0375. The second-order valence-electron chi connectivity index (χ2n) is 8.47. The maximum absolute atomic E-state index is 12.7. The number of unbranched alkanes of at least 4 members (excludes halogenated alkanes) is 11. The molecule has 0 saturated carbocycles. The van der Waals surface area contributed by atoms with Crippen molar-refractivity contribution in [1.29, 1.82) is 0 Å². The van der Waals surface area contributed by atoms with Crippen LogP contribution in [0.15, 0.2) is 11.6 Å². The van der Waals surface area contributed by atoms with Crippen molar-refractivity contribution in [2.24, 2.45) is 0 Å². The average molecular weight is 410 g/mol. The molecule has 1 aliphatic heterocycles. The largest absolute Gasteiger partial charge is 0.344 e. The van der Waals surface area contributed by atoms with E-state index >= 15 is 0 Å². The molecule has 1 aromatic rings. The van der Waals surface area contributed by atoms with E-state index in [1.807, 2.05) is 19.2 Å². The van der Waals surface area contributed by atoms with Crippen LogP contribution in [-0.2, 0) is 9.47 Å². The molecule has 0 aliphatic carbocycles. The summed E-state index contributed by atoms with van der Waals surface area (Å²) < 4.78 is 11.9. The van der Waals surface area contributed by atoms with Crippen LogP contribution in [0.4, 0.5) is 0 Å². The van der Waals surface area contributed by atoms with E-state index in [2.05, 4.69) is 11.9 Å². The van der Waals surface area contributed by atoms with E-state index in [1.165, 1.54) is 82.0 Å². The summed E-state index contributed by atoms with van der Waals surface area (Å²) in [5.41, 5.74) is 0. The number of nitrogens with zero attached hydrogens (tertiary/aromatic N) is 1. The van der Waals surface area contributed by atoms with Crippen molar-refractivity contribution >= 4 is 17.1 Å². The van der Waals surface area contributed by atoms with E-state index in [9.17, 15) is 4.79 Å². The van der Waals surface area contributed by atoms with E-state index in [0.29, 0.717) is 5.01 Å². The third kappa shape index (κ3) is 8.30. The van der Waals surface area contributed by atoms with Crippen LogP contribution < -0.4 is 0 Å². The van der Waals surface area contributed by atoms with Crippen molar-refractivity contribution in [2.45, 2.75) is 122 Å². The lowest BCUT2D eigenvalue weighted by molar-refractivity contribution is -0.143. The zero-order valence-electron chi connectivity index (χ0n) is 18.1. The van der Waals surface area contributed by atoms with E-state index in [1.54, 1.807) is 6.20 Å². The molecule has 1 fully saturated rings. The molecule has 0 aromatic carbocycles. The normalized spacial score (nSPS) is 21.2. The fraction of sp³-hybridized carbons (Fsp3) is 0.826. The first kappa shape index (κ1) is 23.5. The van der Waals surface area contributed by atoms with Gasteiger partial charge in [-0.2, -0.15) is 0 Å². The fourth-order valence-corrected chi connectivity index (χ4v) is 4.53. The summed E-state index contributed by atoms with van der Waals surface area (Å²) in [5, 5.41) is 2.35. The minimum Gasteiger partial charge on any atom is -0.344 e. The lowest BCUT2D eigenvalue weighted by Gasteiger charge is -2.16. The number of aromatic nitrogens is 1.